The summed E-state index contributed by atoms with van der Waals surface area (Å²) in [7, 11) is 1.40. The highest BCUT2D eigenvalue weighted by atomic mass is 32.1. The van der Waals surface area contributed by atoms with Crippen LogP contribution >= 0.6 is 11.3 Å². The molecule has 116 valence electrons. The number of thiophene rings is 1. The Balaban J connectivity index is 2.08. The minimum absolute atomic E-state index is 0.129. The second kappa shape index (κ2) is 7.04. The average molecular weight is 322 g/mol. The smallest absolute Gasteiger partial charge is 0.265 e. The van der Waals surface area contributed by atoms with Gasteiger partial charge in [0.15, 0.2) is 0 Å². The molecule has 22 heavy (non-hydrogen) atoms. The molecule has 1 heterocycles. The zero-order valence-corrected chi connectivity index (χ0v) is 12.9. The van der Waals surface area contributed by atoms with E-state index in [1.165, 1.54) is 43.6 Å². The molecule has 0 fully saturated rings. The number of halogens is 1. The second-order valence-corrected chi connectivity index (χ2v) is 5.64. The van der Waals surface area contributed by atoms with E-state index in [-0.39, 0.29) is 17.6 Å². The number of hydrogen-bond donors (Lipinski definition) is 2. The first kappa shape index (κ1) is 16.0. The van der Waals surface area contributed by atoms with Crippen molar-refractivity contribution >= 4 is 28.8 Å². The van der Waals surface area contributed by atoms with Gasteiger partial charge in [-0.25, -0.2) is 4.39 Å². The fraction of sp³-hybridized carbons (Fsp3) is 0.200. The summed E-state index contributed by atoms with van der Waals surface area (Å²) in [6.45, 7) is 1.81. The summed E-state index contributed by atoms with van der Waals surface area (Å²) in [6.07, 6.45) is 0. The lowest BCUT2D eigenvalue weighted by Crippen LogP contribution is -2.18. The molecule has 0 aliphatic rings. The Labute approximate surface area is 131 Å². The summed E-state index contributed by atoms with van der Waals surface area (Å²) in [4.78, 5) is 24.4. The standard InChI is InChI=1S/C15H15FN2O3S/c1-9(19)17-8-11-4-6-14(22-11)15(20)18-12-5-3-10(16)7-13(12)21-2/h3-7H,8H2,1-2H3,(H,17,19)(H,18,20). The van der Waals surface area contributed by atoms with E-state index in [1.54, 1.807) is 12.1 Å². The molecule has 5 nitrogen and oxygen atoms in total. The second-order valence-electron chi connectivity index (χ2n) is 4.47. The number of hydrogen-bond acceptors (Lipinski definition) is 4. The maximum absolute atomic E-state index is 13.1. The van der Waals surface area contributed by atoms with Gasteiger partial charge in [-0.3, -0.25) is 9.59 Å². The molecule has 0 radical (unpaired) electrons. The molecule has 0 bridgehead atoms. The Kier molecular flexibility index (Phi) is 5.11. The van der Waals surface area contributed by atoms with Crippen molar-refractivity contribution in [1.82, 2.24) is 5.32 Å². The Bertz CT molecular complexity index is 700. The quantitative estimate of drug-likeness (QED) is 0.889. The molecule has 2 N–H and O–H groups in total. The average Bonchev–Trinajstić information content (AvgIpc) is 2.96. The first-order valence-electron chi connectivity index (χ1n) is 6.47. The van der Waals surface area contributed by atoms with Crippen LogP contribution < -0.4 is 15.4 Å². The van der Waals surface area contributed by atoms with E-state index < -0.39 is 5.82 Å². The lowest BCUT2D eigenvalue weighted by molar-refractivity contribution is -0.119. The molecule has 0 spiro atoms. The first-order chi connectivity index (χ1) is 10.5. The largest absolute Gasteiger partial charge is 0.494 e. The van der Waals surface area contributed by atoms with E-state index in [1.807, 2.05) is 0 Å². The number of methoxy groups -OCH3 is 1. The van der Waals surface area contributed by atoms with Gasteiger partial charge in [0, 0.05) is 17.9 Å². The van der Waals surface area contributed by atoms with Crippen molar-refractivity contribution in [2.45, 2.75) is 13.5 Å². The van der Waals surface area contributed by atoms with Crippen LogP contribution in [0.3, 0.4) is 0 Å². The van der Waals surface area contributed by atoms with Crippen LogP contribution in [0.1, 0.15) is 21.5 Å². The zero-order valence-electron chi connectivity index (χ0n) is 12.1. The van der Waals surface area contributed by atoms with Crippen LogP contribution in [0.15, 0.2) is 30.3 Å². The van der Waals surface area contributed by atoms with E-state index in [0.717, 1.165) is 4.88 Å². The molecule has 0 saturated heterocycles. The van der Waals surface area contributed by atoms with Crippen molar-refractivity contribution in [3.05, 3.63) is 45.9 Å². The molecule has 2 rings (SSSR count). The van der Waals surface area contributed by atoms with Gasteiger partial charge in [-0.1, -0.05) is 0 Å². The minimum atomic E-state index is -0.441. The number of amides is 2. The van der Waals surface area contributed by atoms with E-state index in [9.17, 15) is 14.0 Å². The first-order valence-corrected chi connectivity index (χ1v) is 7.29. The number of anilines is 1. The monoisotopic (exact) mass is 322 g/mol. The SMILES string of the molecule is COc1cc(F)ccc1NC(=O)c1ccc(CNC(C)=O)s1. The predicted octanol–water partition coefficient (Wildman–Crippen LogP) is 2.78. The molecule has 1 aromatic carbocycles. The molecule has 2 aromatic rings. The summed E-state index contributed by atoms with van der Waals surface area (Å²) < 4.78 is 18.2. The number of nitrogens with one attached hydrogen (secondary N) is 2. The van der Waals surface area contributed by atoms with Crippen LogP contribution in [-0.2, 0) is 11.3 Å². The van der Waals surface area contributed by atoms with Crippen molar-refractivity contribution in [3.63, 3.8) is 0 Å². The molecule has 0 aliphatic carbocycles. The summed E-state index contributed by atoms with van der Waals surface area (Å²) in [5, 5.41) is 5.34. The summed E-state index contributed by atoms with van der Waals surface area (Å²) in [5.74, 6) is -0.633. The van der Waals surface area contributed by atoms with Gasteiger partial charge in [0.25, 0.3) is 5.91 Å². The maximum atomic E-state index is 13.1. The molecule has 0 atom stereocenters. The molecular formula is C15H15FN2O3S. The van der Waals surface area contributed by atoms with E-state index in [2.05, 4.69) is 10.6 Å². The lowest BCUT2D eigenvalue weighted by atomic mass is 10.2. The Hall–Kier alpha value is -2.41. The summed E-state index contributed by atoms with van der Waals surface area (Å²) in [5.41, 5.74) is 0.394. The van der Waals surface area contributed by atoms with Crippen LogP contribution in [0.25, 0.3) is 0 Å². The topological polar surface area (TPSA) is 67.4 Å². The zero-order chi connectivity index (χ0) is 16.1. The molecular weight excluding hydrogens is 307 g/mol. The van der Waals surface area contributed by atoms with Gasteiger partial charge in [0.2, 0.25) is 5.91 Å². The number of rotatable bonds is 5. The fourth-order valence-corrected chi connectivity index (χ4v) is 2.60. The van der Waals surface area contributed by atoms with E-state index >= 15 is 0 Å². The fourth-order valence-electron chi connectivity index (χ4n) is 1.76. The van der Waals surface area contributed by atoms with Crippen LogP contribution in [0, 0.1) is 5.82 Å². The number of carbonyl (C=O) groups excluding carboxylic acids is 2. The molecule has 0 aliphatic heterocycles. The van der Waals surface area contributed by atoms with E-state index in [4.69, 9.17) is 4.74 Å². The van der Waals surface area contributed by atoms with Crippen molar-refractivity contribution < 1.29 is 18.7 Å². The summed E-state index contributed by atoms with van der Waals surface area (Å²) in [6, 6.07) is 7.34. The third-order valence-corrected chi connectivity index (χ3v) is 3.89. The number of ether oxygens (including phenoxy) is 1. The van der Waals surface area contributed by atoms with Crippen molar-refractivity contribution in [1.29, 1.82) is 0 Å². The van der Waals surface area contributed by atoms with Crippen molar-refractivity contribution in [2.24, 2.45) is 0 Å². The Morgan fingerprint density at radius 2 is 2.05 bits per heavy atom. The van der Waals surface area contributed by atoms with Crippen molar-refractivity contribution in [2.75, 3.05) is 12.4 Å². The Morgan fingerprint density at radius 3 is 2.73 bits per heavy atom. The van der Waals surface area contributed by atoms with Gasteiger partial charge in [-0.05, 0) is 24.3 Å². The molecule has 1 aromatic heterocycles. The minimum Gasteiger partial charge on any atom is -0.494 e. The molecule has 2 amide bonds. The van der Waals surface area contributed by atoms with Gasteiger partial charge >= 0.3 is 0 Å². The molecule has 7 heteroatoms. The lowest BCUT2D eigenvalue weighted by Gasteiger charge is -2.09. The number of benzene rings is 1. The molecule has 0 unspecified atom stereocenters. The third-order valence-electron chi connectivity index (χ3n) is 2.81. The maximum Gasteiger partial charge on any atom is 0.265 e. The van der Waals surface area contributed by atoms with Crippen molar-refractivity contribution in [3.8, 4) is 5.75 Å². The van der Waals surface area contributed by atoms with Gasteiger partial charge < -0.3 is 15.4 Å². The predicted molar refractivity (Wildman–Crippen MR) is 82.7 cm³/mol. The normalized spacial score (nSPS) is 10.1. The third kappa shape index (κ3) is 4.05. The van der Waals surface area contributed by atoms with Crippen LogP contribution in [0.5, 0.6) is 5.75 Å². The highest BCUT2D eigenvalue weighted by Crippen LogP contribution is 2.26. The van der Waals surface area contributed by atoms with Gasteiger partial charge in [-0.2, -0.15) is 0 Å². The van der Waals surface area contributed by atoms with Gasteiger partial charge in [-0.15, -0.1) is 11.3 Å². The van der Waals surface area contributed by atoms with Gasteiger partial charge in [0.05, 0.1) is 24.2 Å². The van der Waals surface area contributed by atoms with Crippen LogP contribution in [0.2, 0.25) is 0 Å². The Morgan fingerprint density at radius 1 is 1.27 bits per heavy atom. The number of carbonyl (C=O) groups is 2. The van der Waals surface area contributed by atoms with Crippen LogP contribution in [0.4, 0.5) is 10.1 Å². The van der Waals surface area contributed by atoms with Crippen LogP contribution in [-0.4, -0.2) is 18.9 Å². The highest BCUT2D eigenvalue weighted by Gasteiger charge is 2.13. The highest BCUT2D eigenvalue weighted by molar-refractivity contribution is 7.14. The summed E-state index contributed by atoms with van der Waals surface area (Å²) >= 11 is 1.28. The molecule has 0 saturated carbocycles. The van der Waals surface area contributed by atoms with E-state index in [0.29, 0.717) is 17.1 Å². The van der Waals surface area contributed by atoms with Gasteiger partial charge in [0.1, 0.15) is 11.6 Å².